The molecule has 1 aliphatic heterocycles. The molecule has 0 spiro atoms. The van der Waals surface area contributed by atoms with Crippen LogP contribution in [0.5, 0.6) is 5.75 Å². The van der Waals surface area contributed by atoms with Crippen LogP contribution >= 0.6 is 23.7 Å². The first-order valence-electron chi connectivity index (χ1n) is 9.25. The molecule has 0 bridgehead atoms. The van der Waals surface area contributed by atoms with Gasteiger partial charge in [0, 0.05) is 37.1 Å². The van der Waals surface area contributed by atoms with Crippen LogP contribution in [0, 0.1) is 0 Å². The van der Waals surface area contributed by atoms with Gasteiger partial charge >= 0.3 is 0 Å². The van der Waals surface area contributed by atoms with Gasteiger partial charge in [-0.15, -0.1) is 23.7 Å². The van der Waals surface area contributed by atoms with Crippen molar-refractivity contribution in [1.82, 2.24) is 9.88 Å². The van der Waals surface area contributed by atoms with Gasteiger partial charge in [0.2, 0.25) is 0 Å². The first kappa shape index (κ1) is 19.9. The summed E-state index contributed by atoms with van der Waals surface area (Å²) >= 11 is 1.86. The lowest BCUT2D eigenvalue weighted by molar-refractivity contribution is 0.254. The Morgan fingerprint density at radius 3 is 2.74 bits per heavy atom. The lowest BCUT2D eigenvalue weighted by Crippen LogP contribution is -2.46. The van der Waals surface area contributed by atoms with Crippen LogP contribution in [0.2, 0.25) is 0 Å². The van der Waals surface area contributed by atoms with E-state index in [0.29, 0.717) is 0 Å². The predicted molar refractivity (Wildman–Crippen MR) is 117 cm³/mol. The summed E-state index contributed by atoms with van der Waals surface area (Å²) < 4.78 is 6.85. The molecular weight excluding hydrogens is 378 g/mol. The molecule has 1 aliphatic rings. The third-order valence-electron chi connectivity index (χ3n) is 5.18. The van der Waals surface area contributed by atoms with Gasteiger partial charge in [-0.25, -0.2) is 0 Å². The minimum Gasteiger partial charge on any atom is -0.493 e. The van der Waals surface area contributed by atoms with E-state index in [2.05, 4.69) is 50.5 Å². The van der Waals surface area contributed by atoms with Gasteiger partial charge < -0.3 is 9.64 Å². The highest BCUT2D eigenvalue weighted by Gasteiger charge is 2.19. The molecule has 1 saturated heterocycles. The predicted octanol–water partition coefficient (Wildman–Crippen LogP) is 4.48. The van der Waals surface area contributed by atoms with Crippen molar-refractivity contribution in [3.63, 3.8) is 0 Å². The number of thiophene rings is 1. The van der Waals surface area contributed by atoms with Crippen LogP contribution in [0.15, 0.2) is 48.1 Å². The highest BCUT2D eigenvalue weighted by atomic mass is 35.5. The van der Waals surface area contributed by atoms with Crippen molar-refractivity contribution in [2.45, 2.75) is 12.8 Å². The van der Waals surface area contributed by atoms with Gasteiger partial charge in [-0.05, 0) is 47.8 Å². The fourth-order valence-electron chi connectivity index (χ4n) is 3.72. The Labute approximate surface area is 171 Å². The monoisotopic (exact) mass is 403 g/mol. The fraction of sp³-hybridized carbons (Fsp3) is 0.381. The fourth-order valence-corrected chi connectivity index (χ4v) is 4.72. The molecule has 3 aromatic rings. The van der Waals surface area contributed by atoms with Gasteiger partial charge in [-0.1, -0.05) is 18.2 Å². The minimum absolute atomic E-state index is 0. The second-order valence-electron chi connectivity index (χ2n) is 6.74. The molecule has 144 valence electrons. The van der Waals surface area contributed by atoms with E-state index in [4.69, 9.17) is 4.74 Å². The Hall–Kier alpha value is -1.82. The maximum atomic E-state index is 5.45. The van der Waals surface area contributed by atoms with Crippen molar-refractivity contribution >= 4 is 39.5 Å². The quantitative estimate of drug-likeness (QED) is 0.606. The number of aryl methyl sites for hydroxylation is 1. The van der Waals surface area contributed by atoms with E-state index < -0.39 is 0 Å². The van der Waals surface area contributed by atoms with Crippen LogP contribution in [-0.4, -0.2) is 49.7 Å². The molecule has 0 radical (unpaired) electrons. The van der Waals surface area contributed by atoms with E-state index >= 15 is 0 Å². The number of ether oxygens (including phenoxy) is 1. The number of rotatable bonds is 6. The van der Waals surface area contributed by atoms with Crippen molar-refractivity contribution < 1.29 is 4.74 Å². The molecule has 0 N–H and O–H groups in total. The second-order valence-corrected chi connectivity index (χ2v) is 7.65. The number of halogens is 1. The summed E-state index contributed by atoms with van der Waals surface area (Å²) in [5.74, 6) is 0.866. The number of hydrogen-bond acceptors (Lipinski definition) is 5. The second kappa shape index (κ2) is 9.40. The molecule has 1 aromatic carbocycles. The number of fused-ring (bicyclic) bond motifs is 1. The number of pyridine rings is 1. The molecule has 2 aromatic heterocycles. The number of hydrogen-bond donors (Lipinski definition) is 0. The SMILES string of the molecule is COc1cnccc1N1CCN(CCCc2csc3ccccc23)CC1.Cl. The van der Waals surface area contributed by atoms with E-state index in [9.17, 15) is 0 Å². The van der Waals surface area contributed by atoms with Crippen LogP contribution in [0.25, 0.3) is 10.1 Å². The number of benzene rings is 1. The number of methoxy groups -OCH3 is 1. The zero-order valence-electron chi connectivity index (χ0n) is 15.6. The summed E-state index contributed by atoms with van der Waals surface area (Å²) in [5, 5.41) is 3.77. The maximum absolute atomic E-state index is 5.45. The van der Waals surface area contributed by atoms with Crippen molar-refractivity contribution in [2.75, 3.05) is 44.7 Å². The highest BCUT2D eigenvalue weighted by Crippen LogP contribution is 2.28. The van der Waals surface area contributed by atoms with E-state index in [-0.39, 0.29) is 12.4 Å². The molecule has 0 saturated carbocycles. The van der Waals surface area contributed by atoms with Gasteiger partial charge in [0.1, 0.15) is 0 Å². The van der Waals surface area contributed by atoms with Gasteiger partial charge in [0.15, 0.2) is 5.75 Å². The molecule has 3 heterocycles. The standard InChI is InChI=1S/C21H25N3OS.ClH/c1-25-20-15-22-9-8-19(20)24-13-11-23(12-14-24)10-4-5-17-16-26-21-7-3-2-6-18(17)21;/h2-3,6-9,15-16H,4-5,10-14H2,1H3;1H. The smallest absolute Gasteiger partial charge is 0.160 e. The van der Waals surface area contributed by atoms with Gasteiger partial charge in [-0.3, -0.25) is 9.88 Å². The number of aromatic nitrogens is 1. The van der Waals surface area contributed by atoms with Crippen LogP contribution in [0.4, 0.5) is 5.69 Å². The van der Waals surface area contributed by atoms with Crippen molar-refractivity contribution in [2.24, 2.45) is 0 Å². The Kier molecular flexibility index (Phi) is 6.94. The molecule has 1 fully saturated rings. The largest absolute Gasteiger partial charge is 0.493 e. The van der Waals surface area contributed by atoms with E-state index in [1.54, 1.807) is 13.3 Å². The molecule has 27 heavy (non-hydrogen) atoms. The number of piperazine rings is 1. The van der Waals surface area contributed by atoms with Gasteiger partial charge in [0.05, 0.1) is 19.0 Å². The van der Waals surface area contributed by atoms with Crippen molar-refractivity contribution in [1.29, 1.82) is 0 Å². The molecule has 0 aliphatic carbocycles. The molecular formula is C21H26ClN3OS. The highest BCUT2D eigenvalue weighted by molar-refractivity contribution is 7.17. The first-order valence-corrected chi connectivity index (χ1v) is 10.1. The summed E-state index contributed by atoms with van der Waals surface area (Å²) in [5.41, 5.74) is 2.66. The van der Waals surface area contributed by atoms with E-state index in [0.717, 1.165) is 37.6 Å². The molecule has 0 amide bonds. The van der Waals surface area contributed by atoms with Gasteiger partial charge in [0.25, 0.3) is 0 Å². The van der Waals surface area contributed by atoms with Gasteiger partial charge in [-0.2, -0.15) is 0 Å². The lowest BCUT2D eigenvalue weighted by atomic mass is 10.1. The molecule has 0 atom stereocenters. The average Bonchev–Trinajstić information content (AvgIpc) is 3.12. The Bertz CT molecular complexity index is 861. The minimum atomic E-state index is 0. The average molecular weight is 404 g/mol. The zero-order chi connectivity index (χ0) is 17.8. The van der Waals surface area contributed by atoms with Crippen LogP contribution < -0.4 is 9.64 Å². The summed E-state index contributed by atoms with van der Waals surface area (Å²) in [7, 11) is 1.71. The Morgan fingerprint density at radius 2 is 1.93 bits per heavy atom. The Morgan fingerprint density at radius 1 is 1.11 bits per heavy atom. The third-order valence-corrected chi connectivity index (χ3v) is 6.19. The van der Waals surface area contributed by atoms with Crippen LogP contribution in [-0.2, 0) is 6.42 Å². The normalized spacial score (nSPS) is 14.9. The van der Waals surface area contributed by atoms with Crippen LogP contribution in [0.1, 0.15) is 12.0 Å². The molecule has 6 heteroatoms. The summed E-state index contributed by atoms with van der Waals surface area (Å²) in [6.45, 7) is 5.47. The zero-order valence-corrected chi connectivity index (χ0v) is 17.3. The Balaban J connectivity index is 0.00000210. The van der Waals surface area contributed by atoms with Crippen molar-refractivity contribution in [3.8, 4) is 5.75 Å². The molecule has 4 rings (SSSR count). The first-order chi connectivity index (χ1) is 12.8. The van der Waals surface area contributed by atoms with Crippen LogP contribution in [0.3, 0.4) is 0 Å². The summed E-state index contributed by atoms with van der Waals surface area (Å²) in [6.07, 6.45) is 6.03. The number of anilines is 1. The van der Waals surface area contributed by atoms with Crippen molar-refractivity contribution in [3.05, 3.63) is 53.7 Å². The summed E-state index contributed by atoms with van der Waals surface area (Å²) in [4.78, 5) is 9.14. The maximum Gasteiger partial charge on any atom is 0.160 e. The van der Waals surface area contributed by atoms with E-state index in [1.165, 1.54) is 35.0 Å². The number of nitrogens with zero attached hydrogens (tertiary/aromatic N) is 3. The third kappa shape index (κ3) is 4.54. The lowest BCUT2D eigenvalue weighted by Gasteiger charge is -2.36. The topological polar surface area (TPSA) is 28.6 Å². The summed E-state index contributed by atoms with van der Waals surface area (Å²) in [6, 6.07) is 10.8. The van der Waals surface area contributed by atoms with E-state index in [1.807, 2.05) is 17.5 Å². The molecule has 0 unspecified atom stereocenters. The molecule has 4 nitrogen and oxygen atoms in total.